The van der Waals surface area contributed by atoms with E-state index in [-0.39, 0.29) is 30.4 Å². The van der Waals surface area contributed by atoms with Crippen LogP contribution < -0.4 is 25.0 Å². The molecule has 11 heteroatoms. The largest absolute Gasteiger partial charge is 0.495 e. The van der Waals surface area contributed by atoms with Crippen molar-refractivity contribution in [2.45, 2.75) is 31.7 Å². The van der Waals surface area contributed by atoms with Gasteiger partial charge in [0.2, 0.25) is 21.8 Å². The number of nitrogens with zero attached hydrogens (tertiary/aromatic N) is 1. The lowest BCUT2D eigenvalue weighted by Crippen LogP contribution is -2.41. The van der Waals surface area contributed by atoms with Crippen molar-refractivity contribution in [3.05, 3.63) is 48.0 Å². The van der Waals surface area contributed by atoms with Crippen molar-refractivity contribution in [2.75, 3.05) is 34.3 Å². The van der Waals surface area contributed by atoms with E-state index >= 15 is 0 Å². The fourth-order valence-corrected chi connectivity index (χ4v) is 5.67. The van der Waals surface area contributed by atoms with Gasteiger partial charge < -0.3 is 20.7 Å². The summed E-state index contributed by atoms with van der Waals surface area (Å²) < 4.78 is 31.7. The maximum atomic E-state index is 12.6. The van der Waals surface area contributed by atoms with Gasteiger partial charge in [-0.1, -0.05) is 12.1 Å². The smallest absolute Gasteiger partial charge is 0.254 e. The van der Waals surface area contributed by atoms with Crippen molar-refractivity contribution in [1.29, 1.82) is 0 Å². The number of carbonyl (C=O) groups excluding carboxylic acids is 3. The van der Waals surface area contributed by atoms with Gasteiger partial charge in [0, 0.05) is 18.7 Å². The summed E-state index contributed by atoms with van der Waals surface area (Å²) in [5.41, 5.74) is 1.56. The Hall–Kier alpha value is -3.60. The third kappa shape index (κ3) is 4.98. The van der Waals surface area contributed by atoms with Gasteiger partial charge >= 0.3 is 0 Å². The molecule has 3 N–H and O–H groups in total. The number of ether oxygens (including phenoxy) is 1. The number of para-hydroxylation sites is 1. The van der Waals surface area contributed by atoms with E-state index in [1.165, 1.54) is 11.4 Å². The van der Waals surface area contributed by atoms with Gasteiger partial charge in [-0.3, -0.25) is 18.7 Å². The summed E-state index contributed by atoms with van der Waals surface area (Å²) >= 11 is 0. The van der Waals surface area contributed by atoms with Crippen molar-refractivity contribution < 1.29 is 27.5 Å². The first-order valence-corrected chi connectivity index (χ1v) is 12.6. The van der Waals surface area contributed by atoms with E-state index in [4.69, 9.17) is 4.74 Å². The summed E-state index contributed by atoms with van der Waals surface area (Å²) in [6.45, 7) is 0.342. The molecular formula is C23H26N4O6S. The second kappa shape index (κ2) is 9.72. The third-order valence-electron chi connectivity index (χ3n) is 5.79. The molecule has 2 aliphatic rings. The quantitative estimate of drug-likeness (QED) is 0.573. The van der Waals surface area contributed by atoms with Crippen molar-refractivity contribution >= 4 is 44.8 Å². The number of sulfonamides is 1. The van der Waals surface area contributed by atoms with Gasteiger partial charge in [-0.2, -0.15) is 0 Å². The van der Waals surface area contributed by atoms with Gasteiger partial charge in [0.15, 0.2) is 0 Å². The van der Waals surface area contributed by atoms with Crippen LogP contribution in [0.5, 0.6) is 5.75 Å². The molecule has 10 nitrogen and oxygen atoms in total. The predicted molar refractivity (Wildman–Crippen MR) is 128 cm³/mol. The van der Waals surface area contributed by atoms with Crippen LogP contribution in [-0.2, 0) is 19.6 Å². The van der Waals surface area contributed by atoms with Gasteiger partial charge in [0.25, 0.3) is 5.91 Å². The minimum absolute atomic E-state index is 0.0297. The molecule has 2 aliphatic heterocycles. The highest BCUT2D eigenvalue weighted by molar-refractivity contribution is 7.92. The van der Waals surface area contributed by atoms with Crippen LogP contribution in [0.2, 0.25) is 0 Å². The average molecular weight is 487 g/mol. The fourth-order valence-electron chi connectivity index (χ4n) is 4.04. The number of nitrogens with one attached hydrogen (secondary N) is 3. The first-order valence-electron chi connectivity index (χ1n) is 11.0. The standard InChI is InChI=1S/C23H26N4O6S/c1-33-20-10-8-15(14-19(20)27-12-4-5-13-34(27,31)32)24-21(28)11-9-18-23(30)25-17-7-3-2-6-16(17)22(29)26-18/h2-3,6-8,10,14,18H,4-5,9,11-13H2,1H3,(H,24,28)(H,25,30)(H,26,29)/t18-/m1/s1. The monoisotopic (exact) mass is 486 g/mol. The van der Waals surface area contributed by atoms with Crippen molar-refractivity contribution in [3.8, 4) is 5.75 Å². The molecule has 0 aromatic heterocycles. The maximum Gasteiger partial charge on any atom is 0.254 e. The Balaban J connectivity index is 1.42. The Labute approximate surface area is 197 Å². The summed E-state index contributed by atoms with van der Waals surface area (Å²) in [5.74, 6) is -0.705. The highest BCUT2D eigenvalue weighted by atomic mass is 32.2. The summed E-state index contributed by atoms with van der Waals surface area (Å²) in [7, 11) is -2.00. The van der Waals surface area contributed by atoms with Gasteiger partial charge in [-0.25, -0.2) is 8.42 Å². The lowest BCUT2D eigenvalue weighted by Gasteiger charge is -2.29. The minimum atomic E-state index is -3.46. The third-order valence-corrected chi connectivity index (χ3v) is 7.65. The van der Waals surface area contributed by atoms with E-state index in [0.29, 0.717) is 41.3 Å². The summed E-state index contributed by atoms with van der Waals surface area (Å²) in [4.78, 5) is 37.5. The highest BCUT2D eigenvalue weighted by Gasteiger charge is 2.30. The predicted octanol–water partition coefficient (Wildman–Crippen LogP) is 2.09. The number of benzene rings is 2. The number of anilines is 3. The van der Waals surface area contributed by atoms with E-state index in [1.54, 1.807) is 42.5 Å². The molecule has 1 fully saturated rings. The molecular weight excluding hydrogens is 460 g/mol. The average Bonchev–Trinajstić information content (AvgIpc) is 2.93. The molecule has 2 aromatic rings. The lowest BCUT2D eigenvalue weighted by molar-refractivity contribution is -0.118. The number of rotatable bonds is 6. The molecule has 4 rings (SSSR count). The maximum absolute atomic E-state index is 12.6. The van der Waals surface area contributed by atoms with Crippen molar-refractivity contribution in [3.63, 3.8) is 0 Å². The van der Waals surface area contributed by atoms with Crippen LogP contribution in [0.1, 0.15) is 36.0 Å². The molecule has 1 saturated heterocycles. The minimum Gasteiger partial charge on any atom is -0.495 e. The van der Waals surface area contributed by atoms with Gasteiger partial charge in [0.05, 0.1) is 29.8 Å². The molecule has 0 bridgehead atoms. The number of carbonyl (C=O) groups is 3. The van der Waals surface area contributed by atoms with E-state index in [2.05, 4.69) is 16.0 Å². The number of methoxy groups -OCH3 is 1. The molecule has 2 aromatic carbocycles. The Morgan fingerprint density at radius 2 is 1.97 bits per heavy atom. The summed E-state index contributed by atoms with van der Waals surface area (Å²) in [5, 5.41) is 8.11. The molecule has 1 atom stereocenters. The first kappa shape index (κ1) is 23.6. The molecule has 3 amide bonds. The van der Waals surface area contributed by atoms with Crippen LogP contribution in [0.4, 0.5) is 17.1 Å². The molecule has 0 unspecified atom stereocenters. The van der Waals surface area contributed by atoms with Crippen LogP contribution in [0.15, 0.2) is 42.5 Å². The SMILES string of the molecule is COc1ccc(NC(=O)CC[C@H]2NC(=O)c3ccccc3NC2=O)cc1N1CCCCS1(=O)=O. The van der Waals surface area contributed by atoms with E-state index in [9.17, 15) is 22.8 Å². The van der Waals surface area contributed by atoms with Gasteiger partial charge in [-0.15, -0.1) is 0 Å². The topological polar surface area (TPSA) is 134 Å². The Morgan fingerprint density at radius 3 is 2.74 bits per heavy atom. The Bertz CT molecular complexity index is 1230. The number of amides is 3. The first-order chi connectivity index (χ1) is 16.3. The molecule has 0 radical (unpaired) electrons. The van der Waals surface area contributed by atoms with E-state index in [0.717, 1.165) is 6.42 Å². The molecule has 34 heavy (non-hydrogen) atoms. The van der Waals surface area contributed by atoms with E-state index < -0.39 is 22.0 Å². The van der Waals surface area contributed by atoms with Crippen molar-refractivity contribution in [1.82, 2.24) is 5.32 Å². The van der Waals surface area contributed by atoms with E-state index in [1.807, 2.05) is 0 Å². The van der Waals surface area contributed by atoms with Crippen LogP contribution >= 0.6 is 0 Å². The number of hydrogen-bond acceptors (Lipinski definition) is 6. The van der Waals surface area contributed by atoms with Crippen LogP contribution in [0.3, 0.4) is 0 Å². The molecule has 0 spiro atoms. The zero-order chi connectivity index (χ0) is 24.3. The zero-order valence-corrected chi connectivity index (χ0v) is 19.5. The molecule has 2 heterocycles. The molecule has 180 valence electrons. The summed E-state index contributed by atoms with van der Waals surface area (Å²) in [6, 6.07) is 10.6. The number of hydrogen-bond donors (Lipinski definition) is 3. The normalized spacial score (nSPS) is 19.3. The van der Waals surface area contributed by atoms with Gasteiger partial charge in [-0.05, 0) is 49.6 Å². The fraction of sp³-hybridized carbons (Fsp3) is 0.348. The van der Waals surface area contributed by atoms with Crippen LogP contribution in [0, 0.1) is 0 Å². The van der Waals surface area contributed by atoms with Crippen molar-refractivity contribution in [2.24, 2.45) is 0 Å². The van der Waals surface area contributed by atoms with Crippen LogP contribution in [-0.4, -0.2) is 51.6 Å². The van der Waals surface area contributed by atoms with Crippen LogP contribution in [0.25, 0.3) is 0 Å². The summed E-state index contributed by atoms with van der Waals surface area (Å²) in [6.07, 6.45) is 1.41. The second-order valence-corrected chi connectivity index (χ2v) is 10.1. The molecule has 0 saturated carbocycles. The Morgan fingerprint density at radius 1 is 1.18 bits per heavy atom. The number of fused-ring (bicyclic) bond motifs is 1. The van der Waals surface area contributed by atoms with Gasteiger partial charge in [0.1, 0.15) is 11.8 Å². The second-order valence-electron chi connectivity index (χ2n) is 8.13. The Kier molecular flexibility index (Phi) is 6.73. The molecule has 0 aliphatic carbocycles. The zero-order valence-electron chi connectivity index (χ0n) is 18.7. The lowest BCUT2D eigenvalue weighted by atomic mass is 10.1. The highest BCUT2D eigenvalue weighted by Crippen LogP contribution is 2.35.